The van der Waals surface area contributed by atoms with Gasteiger partial charge in [-0.1, -0.05) is 22.0 Å². The second kappa shape index (κ2) is 7.09. The van der Waals surface area contributed by atoms with E-state index in [1.807, 2.05) is 51.1 Å². The summed E-state index contributed by atoms with van der Waals surface area (Å²) in [6.07, 6.45) is 0. The number of hydrogen-bond donors (Lipinski definition) is 1. The maximum absolute atomic E-state index is 12.3. The number of rotatable bonds is 4. The Balaban J connectivity index is 1.76. The van der Waals surface area contributed by atoms with E-state index in [1.165, 1.54) is 0 Å². The lowest BCUT2D eigenvalue weighted by Gasteiger charge is -2.07. The van der Waals surface area contributed by atoms with Crippen LogP contribution in [0.25, 0.3) is 27.9 Å². The number of carbonyl (C=O) groups excluding carboxylic acids is 1. The van der Waals surface area contributed by atoms with Gasteiger partial charge in [0.2, 0.25) is 0 Å². The number of amides is 1. The molecule has 0 spiro atoms. The minimum atomic E-state index is -0.244. The first kappa shape index (κ1) is 18.2. The van der Waals surface area contributed by atoms with Crippen LogP contribution in [0, 0.1) is 6.92 Å². The summed E-state index contributed by atoms with van der Waals surface area (Å²) >= 11 is 5.98. The predicted molar refractivity (Wildman–Crippen MR) is 107 cm³/mol. The molecule has 0 aliphatic heterocycles. The number of nitrogens with zero attached hydrogens (tertiary/aromatic N) is 4. The molecule has 4 aromatic rings. The van der Waals surface area contributed by atoms with Gasteiger partial charge in [-0.3, -0.25) is 4.79 Å². The molecule has 1 amide bonds. The van der Waals surface area contributed by atoms with Crippen molar-refractivity contribution >= 4 is 28.4 Å². The summed E-state index contributed by atoms with van der Waals surface area (Å²) in [5.41, 5.74) is 3.32. The molecule has 2 heterocycles. The Labute approximate surface area is 166 Å². The van der Waals surface area contributed by atoms with Crippen LogP contribution in [0.3, 0.4) is 0 Å². The number of fused-ring (bicyclic) bond motifs is 1. The van der Waals surface area contributed by atoms with Gasteiger partial charge < -0.3 is 9.84 Å². The molecule has 0 unspecified atom stereocenters. The van der Waals surface area contributed by atoms with Crippen molar-refractivity contribution in [3.05, 3.63) is 58.9 Å². The van der Waals surface area contributed by atoms with E-state index in [9.17, 15) is 4.79 Å². The van der Waals surface area contributed by atoms with Crippen LogP contribution in [0.1, 0.15) is 30.0 Å². The molecule has 0 aliphatic rings. The summed E-state index contributed by atoms with van der Waals surface area (Å²) in [6.45, 7) is 5.61. The molecule has 0 saturated carbocycles. The van der Waals surface area contributed by atoms with Crippen molar-refractivity contribution in [1.29, 1.82) is 0 Å². The molecule has 8 heteroatoms. The van der Waals surface area contributed by atoms with Crippen LogP contribution < -0.4 is 5.32 Å². The van der Waals surface area contributed by atoms with E-state index < -0.39 is 0 Å². The Morgan fingerprint density at radius 1 is 1.18 bits per heavy atom. The Kier molecular flexibility index (Phi) is 4.60. The largest absolute Gasteiger partial charge is 0.355 e. The Hall–Kier alpha value is -3.19. The van der Waals surface area contributed by atoms with E-state index in [0.717, 1.165) is 22.2 Å². The lowest BCUT2D eigenvalue weighted by atomic mass is 10.1. The maximum Gasteiger partial charge on any atom is 0.273 e. The molecule has 142 valence electrons. The highest BCUT2D eigenvalue weighted by molar-refractivity contribution is 6.30. The lowest BCUT2D eigenvalue weighted by molar-refractivity contribution is 0.0937. The van der Waals surface area contributed by atoms with Crippen molar-refractivity contribution in [1.82, 2.24) is 25.5 Å². The molecule has 0 radical (unpaired) electrons. The third-order valence-electron chi connectivity index (χ3n) is 4.34. The van der Waals surface area contributed by atoms with E-state index in [2.05, 4.69) is 20.8 Å². The average molecular weight is 396 g/mol. The molecule has 7 nitrogen and oxygen atoms in total. The van der Waals surface area contributed by atoms with Crippen molar-refractivity contribution in [3.8, 4) is 17.0 Å². The Morgan fingerprint density at radius 3 is 2.64 bits per heavy atom. The van der Waals surface area contributed by atoms with E-state index in [-0.39, 0.29) is 11.9 Å². The molecule has 0 bridgehead atoms. The maximum atomic E-state index is 12.3. The summed E-state index contributed by atoms with van der Waals surface area (Å²) in [4.78, 5) is 12.3. The summed E-state index contributed by atoms with van der Waals surface area (Å²) in [6, 6.07) is 13.0. The van der Waals surface area contributed by atoms with Crippen molar-refractivity contribution < 1.29 is 9.32 Å². The van der Waals surface area contributed by atoms with Crippen molar-refractivity contribution in [2.45, 2.75) is 26.8 Å². The topological polar surface area (TPSA) is 85.8 Å². The van der Waals surface area contributed by atoms with Crippen LogP contribution in [0.5, 0.6) is 0 Å². The highest BCUT2D eigenvalue weighted by Gasteiger charge is 2.19. The highest BCUT2D eigenvalue weighted by atomic mass is 35.5. The van der Waals surface area contributed by atoms with Crippen LogP contribution in [0.15, 0.2) is 47.0 Å². The van der Waals surface area contributed by atoms with Gasteiger partial charge in [-0.2, -0.15) is 0 Å². The minimum absolute atomic E-state index is 0.0207. The zero-order valence-corrected chi connectivity index (χ0v) is 16.4. The Bertz CT molecular complexity index is 1160. The van der Waals surface area contributed by atoms with Gasteiger partial charge in [0.1, 0.15) is 5.52 Å². The van der Waals surface area contributed by atoms with Gasteiger partial charge in [0.25, 0.3) is 5.91 Å². The molecule has 0 fully saturated rings. The first-order chi connectivity index (χ1) is 13.4. The zero-order valence-electron chi connectivity index (χ0n) is 15.6. The fourth-order valence-corrected chi connectivity index (χ4v) is 3.11. The second-order valence-electron chi connectivity index (χ2n) is 6.78. The van der Waals surface area contributed by atoms with Crippen LogP contribution in [-0.2, 0) is 0 Å². The van der Waals surface area contributed by atoms with Crippen LogP contribution in [-0.4, -0.2) is 32.1 Å². The molecule has 28 heavy (non-hydrogen) atoms. The van der Waals surface area contributed by atoms with E-state index >= 15 is 0 Å². The third kappa shape index (κ3) is 3.25. The third-order valence-corrected chi connectivity index (χ3v) is 4.59. The van der Waals surface area contributed by atoms with Crippen LogP contribution >= 0.6 is 11.6 Å². The molecule has 2 aromatic heterocycles. The molecule has 0 atom stereocenters. The standard InChI is InChI=1S/C20H18ClN5O2/c1-11(2)22-20(27)18-12(3)26(25-23-18)15-8-9-17-16(10-15)19(28-24-17)13-4-6-14(21)7-5-13/h4-11H,1-3H3,(H,22,27). The van der Waals surface area contributed by atoms with E-state index in [1.54, 1.807) is 16.8 Å². The molecule has 1 N–H and O–H groups in total. The van der Waals surface area contributed by atoms with Gasteiger partial charge in [0.05, 0.1) is 16.8 Å². The zero-order chi connectivity index (χ0) is 19.8. The monoisotopic (exact) mass is 395 g/mol. The first-order valence-corrected chi connectivity index (χ1v) is 9.20. The quantitative estimate of drug-likeness (QED) is 0.560. The van der Waals surface area contributed by atoms with Gasteiger partial charge in [-0.25, -0.2) is 4.68 Å². The Morgan fingerprint density at radius 2 is 1.93 bits per heavy atom. The summed E-state index contributed by atoms with van der Waals surface area (Å²) in [5, 5.41) is 16.7. The summed E-state index contributed by atoms with van der Waals surface area (Å²) < 4.78 is 7.18. The minimum Gasteiger partial charge on any atom is -0.355 e. The molecule has 4 rings (SSSR count). The molecular formula is C20H18ClN5O2. The van der Waals surface area contributed by atoms with Gasteiger partial charge in [0.15, 0.2) is 11.5 Å². The van der Waals surface area contributed by atoms with Crippen LogP contribution in [0.2, 0.25) is 5.02 Å². The van der Waals surface area contributed by atoms with Gasteiger partial charge in [-0.15, -0.1) is 5.10 Å². The SMILES string of the molecule is Cc1c(C(=O)NC(C)C)nnn1-c1ccc2noc(-c3ccc(Cl)cc3)c2c1. The normalized spacial score (nSPS) is 11.3. The van der Waals surface area contributed by atoms with Crippen molar-refractivity contribution in [3.63, 3.8) is 0 Å². The number of carbonyl (C=O) groups is 1. The first-order valence-electron chi connectivity index (χ1n) is 8.83. The molecule has 0 aliphatic carbocycles. The lowest BCUT2D eigenvalue weighted by Crippen LogP contribution is -2.30. The summed E-state index contributed by atoms with van der Waals surface area (Å²) in [5.74, 6) is 0.399. The van der Waals surface area contributed by atoms with Gasteiger partial charge in [-0.05, 0) is 63.2 Å². The molecular weight excluding hydrogens is 378 g/mol. The highest BCUT2D eigenvalue weighted by Crippen LogP contribution is 2.31. The molecule has 2 aromatic carbocycles. The van der Waals surface area contributed by atoms with Crippen molar-refractivity contribution in [2.75, 3.05) is 0 Å². The van der Waals surface area contributed by atoms with E-state index in [4.69, 9.17) is 16.1 Å². The molecule has 0 saturated heterocycles. The number of aromatic nitrogens is 4. The predicted octanol–water partition coefficient (Wildman–Crippen LogP) is 4.18. The van der Waals surface area contributed by atoms with Gasteiger partial charge in [0, 0.05) is 16.6 Å². The second-order valence-corrected chi connectivity index (χ2v) is 7.22. The summed E-state index contributed by atoms with van der Waals surface area (Å²) in [7, 11) is 0. The fraction of sp³-hybridized carbons (Fsp3) is 0.200. The fourth-order valence-electron chi connectivity index (χ4n) is 2.99. The number of hydrogen-bond acceptors (Lipinski definition) is 5. The number of halogens is 1. The number of benzene rings is 2. The van der Waals surface area contributed by atoms with Crippen LogP contribution in [0.4, 0.5) is 0 Å². The average Bonchev–Trinajstić information content (AvgIpc) is 3.25. The van der Waals surface area contributed by atoms with E-state index in [0.29, 0.717) is 22.2 Å². The van der Waals surface area contributed by atoms with Gasteiger partial charge >= 0.3 is 0 Å². The number of nitrogens with one attached hydrogen (secondary N) is 1. The van der Waals surface area contributed by atoms with Crippen molar-refractivity contribution in [2.24, 2.45) is 0 Å². The smallest absolute Gasteiger partial charge is 0.273 e.